The van der Waals surface area contributed by atoms with Gasteiger partial charge in [0.15, 0.2) is 18.1 Å². The molecule has 0 bridgehead atoms. The van der Waals surface area contributed by atoms with Crippen LogP contribution in [0, 0.1) is 25.2 Å². The number of methoxy groups -OCH3 is 1. The number of benzene rings is 3. The van der Waals surface area contributed by atoms with Crippen molar-refractivity contribution >= 4 is 40.9 Å². The van der Waals surface area contributed by atoms with Crippen LogP contribution < -0.4 is 20.1 Å². The lowest BCUT2D eigenvalue weighted by Gasteiger charge is -2.13. The molecule has 3 aromatic rings. The maximum Gasteiger partial charge on any atom is 0.266 e. The van der Waals surface area contributed by atoms with E-state index in [1.165, 1.54) is 13.2 Å². The first-order valence-corrected chi connectivity index (χ1v) is 11.0. The Kier molecular flexibility index (Phi) is 8.49. The molecule has 0 aliphatic heterocycles. The third-order valence-corrected chi connectivity index (χ3v) is 5.55. The summed E-state index contributed by atoms with van der Waals surface area (Å²) in [5.41, 5.74) is 3.62. The van der Waals surface area contributed by atoms with E-state index in [1.807, 2.05) is 38.1 Å². The van der Waals surface area contributed by atoms with Crippen molar-refractivity contribution < 1.29 is 19.1 Å². The molecule has 8 heteroatoms. The lowest BCUT2D eigenvalue weighted by Crippen LogP contribution is -2.21. The molecule has 178 valence electrons. The molecule has 0 heterocycles. The van der Waals surface area contributed by atoms with E-state index >= 15 is 0 Å². The highest BCUT2D eigenvalue weighted by atomic mass is 35.5. The van der Waals surface area contributed by atoms with Crippen LogP contribution in [0.15, 0.2) is 66.2 Å². The van der Waals surface area contributed by atoms with Crippen LogP contribution in [0.25, 0.3) is 6.08 Å². The van der Waals surface area contributed by atoms with Crippen molar-refractivity contribution in [2.75, 3.05) is 24.4 Å². The number of hydrogen-bond acceptors (Lipinski definition) is 5. The zero-order chi connectivity index (χ0) is 25.4. The normalized spacial score (nSPS) is 10.8. The van der Waals surface area contributed by atoms with Crippen molar-refractivity contribution in [3.63, 3.8) is 0 Å². The summed E-state index contributed by atoms with van der Waals surface area (Å²) in [7, 11) is 1.46. The van der Waals surface area contributed by atoms with Crippen molar-refractivity contribution in [3.8, 4) is 17.6 Å². The molecule has 3 rings (SSSR count). The van der Waals surface area contributed by atoms with Gasteiger partial charge in [-0.2, -0.15) is 5.26 Å². The first-order chi connectivity index (χ1) is 16.8. The summed E-state index contributed by atoms with van der Waals surface area (Å²) < 4.78 is 11.0. The molecule has 0 aliphatic carbocycles. The Balaban J connectivity index is 1.70. The van der Waals surface area contributed by atoms with Gasteiger partial charge in [0.25, 0.3) is 11.8 Å². The summed E-state index contributed by atoms with van der Waals surface area (Å²) in [6.45, 7) is 3.69. The number of nitrogens with zero attached hydrogens (tertiary/aromatic N) is 1. The molecule has 35 heavy (non-hydrogen) atoms. The molecule has 0 radical (unpaired) electrons. The summed E-state index contributed by atoms with van der Waals surface area (Å²) >= 11 is 6.07. The van der Waals surface area contributed by atoms with Crippen LogP contribution in [0.2, 0.25) is 5.02 Å². The highest BCUT2D eigenvalue weighted by Gasteiger charge is 2.13. The molecule has 2 N–H and O–H groups in total. The Morgan fingerprint density at radius 2 is 1.74 bits per heavy atom. The van der Waals surface area contributed by atoms with Crippen LogP contribution in [0.1, 0.15) is 16.7 Å². The second-order valence-corrected chi connectivity index (χ2v) is 8.01. The molecule has 0 atom stereocenters. The minimum absolute atomic E-state index is 0.117. The lowest BCUT2D eigenvalue weighted by atomic mass is 10.1. The second-order valence-electron chi connectivity index (χ2n) is 7.60. The van der Waals surface area contributed by atoms with Gasteiger partial charge in [0.2, 0.25) is 0 Å². The topological polar surface area (TPSA) is 100 Å². The first kappa shape index (κ1) is 25.3. The van der Waals surface area contributed by atoms with E-state index in [1.54, 1.807) is 42.5 Å². The fraction of sp³-hybridized carbons (Fsp3) is 0.148. The fourth-order valence-electron chi connectivity index (χ4n) is 3.18. The maximum atomic E-state index is 12.5. The smallest absolute Gasteiger partial charge is 0.266 e. The van der Waals surface area contributed by atoms with Crippen molar-refractivity contribution in [2.45, 2.75) is 13.8 Å². The predicted octanol–water partition coefficient (Wildman–Crippen LogP) is 5.53. The van der Waals surface area contributed by atoms with Crippen molar-refractivity contribution in [2.24, 2.45) is 0 Å². The largest absolute Gasteiger partial charge is 0.493 e. The number of amides is 2. The van der Waals surface area contributed by atoms with Gasteiger partial charge < -0.3 is 20.1 Å². The number of nitrogens with one attached hydrogen (secondary N) is 2. The number of rotatable bonds is 8. The number of nitriles is 1. The number of ether oxygens (including phenoxy) is 2. The Morgan fingerprint density at radius 3 is 2.46 bits per heavy atom. The summed E-state index contributed by atoms with van der Waals surface area (Å²) in [6.07, 6.45) is 1.42. The number of halogens is 1. The number of anilines is 2. The highest BCUT2D eigenvalue weighted by Crippen LogP contribution is 2.29. The highest BCUT2D eigenvalue weighted by molar-refractivity contribution is 6.34. The average Bonchev–Trinajstić information content (AvgIpc) is 2.85. The molecule has 3 aromatic carbocycles. The van der Waals surface area contributed by atoms with Gasteiger partial charge in [-0.25, -0.2) is 0 Å². The quantitative estimate of drug-likeness (QED) is 0.320. The van der Waals surface area contributed by atoms with Gasteiger partial charge in [-0.15, -0.1) is 0 Å². The molecular weight excluding hydrogens is 466 g/mol. The van der Waals surface area contributed by atoms with Crippen molar-refractivity contribution in [3.05, 3.63) is 87.9 Å². The van der Waals surface area contributed by atoms with Gasteiger partial charge in [0, 0.05) is 5.69 Å². The molecular formula is C27H24ClN3O4. The van der Waals surface area contributed by atoms with E-state index in [0.29, 0.717) is 27.8 Å². The minimum atomic E-state index is -0.594. The van der Waals surface area contributed by atoms with E-state index in [0.717, 1.165) is 16.8 Å². The second kappa shape index (κ2) is 11.7. The van der Waals surface area contributed by atoms with E-state index in [-0.39, 0.29) is 18.1 Å². The number of carbonyl (C=O) groups excluding carboxylic acids is 2. The average molecular weight is 490 g/mol. The Bertz CT molecular complexity index is 1330. The first-order valence-electron chi connectivity index (χ1n) is 10.7. The summed E-state index contributed by atoms with van der Waals surface area (Å²) in [4.78, 5) is 24.9. The standard InChI is InChI=1S/C27H24ClN3O4/c1-17-7-6-10-22(18(17)2)30-26(32)16-35-24-12-11-19(14-25(24)34-3)13-20(15-29)27(33)31-23-9-5-4-8-21(23)28/h4-14H,16H2,1-3H3,(H,30,32)(H,31,33)/b20-13+. The zero-order valence-electron chi connectivity index (χ0n) is 19.5. The summed E-state index contributed by atoms with van der Waals surface area (Å²) in [5, 5.41) is 15.3. The van der Waals surface area contributed by atoms with Crippen molar-refractivity contribution in [1.29, 1.82) is 5.26 Å². The van der Waals surface area contributed by atoms with E-state index in [4.69, 9.17) is 21.1 Å². The van der Waals surface area contributed by atoms with E-state index in [9.17, 15) is 14.9 Å². The number of hydrogen-bond donors (Lipinski definition) is 2. The Morgan fingerprint density at radius 1 is 1.00 bits per heavy atom. The maximum absolute atomic E-state index is 12.5. The van der Waals surface area contributed by atoms with Crippen LogP contribution in [-0.4, -0.2) is 25.5 Å². The number of carbonyl (C=O) groups is 2. The zero-order valence-corrected chi connectivity index (χ0v) is 20.3. The van der Waals surface area contributed by atoms with E-state index in [2.05, 4.69) is 10.6 Å². The minimum Gasteiger partial charge on any atom is -0.493 e. The molecule has 0 saturated carbocycles. The SMILES string of the molecule is COc1cc(/C=C(\C#N)C(=O)Nc2ccccc2Cl)ccc1OCC(=O)Nc1cccc(C)c1C. The van der Waals surface area contributed by atoms with Crippen LogP contribution in [-0.2, 0) is 9.59 Å². The van der Waals surface area contributed by atoms with Crippen LogP contribution in [0.5, 0.6) is 11.5 Å². The molecule has 7 nitrogen and oxygen atoms in total. The van der Waals surface area contributed by atoms with Gasteiger partial charge in [-0.1, -0.05) is 41.9 Å². The molecule has 0 fully saturated rings. The molecule has 0 aliphatic rings. The third kappa shape index (κ3) is 6.62. The fourth-order valence-corrected chi connectivity index (χ4v) is 3.36. The Labute approximate surface area is 208 Å². The van der Waals surface area contributed by atoms with Gasteiger partial charge in [-0.3, -0.25) is 9.59 Å². The molecule has 0 unspecified atom stereocenters. The summed E-state index contributed by atoms with van der Waals surface area (Å²) in [6, 6.07) is 19.2. The van der Waals surface area contributed by atoms with E-state index < -0.39 is 5.91 Å². The summed E-state index contributed by atoms with van der Waals surface area (Å²) in [5.74, 6) is -0.211. The molecule has 0 saturated heterocycles. The van der Waals surface area contributed by atoms with Gasteiger partial charge in [-0.05, 0) is 66.9 Å². The van der Waals surface area contributed by atoms with Crippen LogP contribution in [0.4, 0.5) is 11.4 Å². The predicted molar refractivity (Wildman–Crippen MR) is 137 cm³/mol. The molecule has 2 amide bonds. The third-order valence-electron chi connectivity index (χ3n) is 5.22. The van der Waals surface area contributed by atoms with Gasteiger partial charge >= 0.3 is 0 Å². The molecule has 0 spiro atoms. The van der Waals surface area contributed by atoms with Crippen LogP contribution in [0.3, 0.4) is 0 Å². The van der Waals surface area contributed by atoms with Crippen molar-refractivity contribution in [1.82, 2.24) is 0 Å². The monoisotopic (exact) mass is 489 g/mol. The Hall–Kier alpha value is -4.28. The van der Waals surface area contributed by atoms with Crippen LogP contribution >= 0.6 is 11.6 Å². The van der Waals surface area contributed by atoms with Gasteiger partial charge in [0.1, 0.15) is 11.6 Å². The molecule has 0 aromatic heterocycles. The number of aryl methyl sites for hydroxylation is 1. The lowest BCUT2D eigenvalue weighted by molar-refractivity contribution is -0.118. The van der Waals surface area contributed by atoms with Gasteiger partial charge in [0.05, 0.1) is 17.8 Å². The number of para-hydroxylation sites is 1.